The van der Waals surface area contributed by atoms with E-state index < -0.39 is 11.1 Å². The Balaban J connectivity index is 1.81. The number of ether oxygens (including phenoxy) is 2. The molecule has 2 aromatic heterocycles. The number of hydrogen-bond acceptors (Lipinski definition) is 4. The first kappa shape index (κ1) is 18.8. The molecule has 0 aliphatic carbocycles. The largest absolute Gasteiger partial charge is 0.439 e. The molecule has 0 spiro atoms. The lowest BCUT2D eigenvalue weighted by molar-refractivity contribution is -0.134. The van der Waals surface area contributed by atoms with Gasteiger partial charge in [0.1, 0.15) is 16.4 Å². The van der Waals surface area contributed by atoms with Gasteiger partial charge in [0, 0.05) is 29.6 Å². The zero-order valence-electron chi connectivity index (χ0n) is 13.1. The highest BCUT2D eigenvalue weighted by Crippen LogP contribution is 2.38. The molecule has 1 aromatic carbocycles. The summed E-state index contributed by atoms with van der Waals surface area (Å²) in [5.74, 6) is 0.801. The Morgan fingerprint density at radius 3 is 2.15 bits per heavy atom. The molecule has 0 saturated heterocycles. The summed E-state index contributed by atoms with van der Waals surface area (Å²) in [4.78, 5) is 3.41. The second-order valence-electron chi connectivity index (χ2n) is 5.25. The van der Waals surface area contributed by atoms with Crippen LogP contribution in [0.2, 0.25) is 10.0 Å². The summed E-state index contributed by atoms with van der Waals surface area (Å²) in [6.07, 6.45) is -4.41. The first-order chi connectivity index (χ1) is 12.2. The van der Waals surface area contributed by atoms with Crippen molar-refractivity contribution >= 4 is 34.5 Å². The number of rotatable bonds is 4. The van der Waals surface area contributed by atoms with Crippen LogP contribution in [-0.4, -0.2) is 4.98 Å². The van der Waals surface area contributed by atoms with Crippen molar-refractivity contribution in [3.63, 3.8) is 0 Å². The molecular weight excluding hydrogens is 410 g/mol. The lowest BCUT2D eigenvalue weighted by atomic mass is 10.3. The van der Waals surface area contributed by atoms with Gasteiger partial charge in [0.15, 0.2) is 0 Å². The van der Waals surface area contributed by atoms with Crippen molar-refractivity contribution in [3.05, 3.63) is 62.3 Å². The molecule has 3 nitrogen and oxygen atoms in total. The minimum absolute atomic E-state index is 0.0564. The Hall–Kier alpha value is -1.96. The van der Waals surface area contributed by atoms with Crippen LogP contribution in [0.5, 0.6) is 23.3 Å². The summed E-state index contributed by atoms with van der Waals surface area (Å²) in [7, 11) is 0. The maximum Gasteiger partial charge on any atom is 0.425 e. The lowest BCUT2D eigenvalue weighted by Crippen LogP contribution is -2.00. The van der Waals surface area contributed by atoms with Gasteiger partial charge in [0.05, 0.1) is 10.0 Å². The monoisotopic (exact) mass is 419 g/mol. The number of halogens is 5. The molecule has 2 heterocycles. The number of thiophene rings is 1. The molecule has 136 valence electrons. The van der Waals surface area contributed by atoms with Crippen LogP contribution in [0.25, 0.3) is 0 Å². The maximum atomic E-state index is 12.7. The number of alkyl halides is 3. The van der Waals surface area contributed by atoms with E-state index in [-0.39, 0.29) is 17.5 Å². The fourth-order valence-electron chi connectivity index (χ4n) is 2.01. The molecule has 0 atom stereocenters. The van der Waals surface area contributed by atoms with E-state index in [0.717, 1.165) is 11.6 Å². The van der Waals surface area contributed by atoms with E-state index in [9.17, 15) is 13.2 Å². The van der Waals surface area contributed by atoms with E-state index in [1.807, 2.05) is 0 Å². The Morgan fingerprint density at radius 2 is 1.58 bits per heavy atom. The van der Waals surface area contributed by atoms with Crippen LogP contribution in [0, 0.1) is 6.92 Å². The quantitative estimate of drug-likeness (QED) is 0.442. The molecule has 0 N–H and O–H groups in total. The second-order valence-corrected chi connectivity index (χ2v) is 6.97. The summed E-state index contributed by atoms with van der Waals surface area (Å²) in [5, 5.41) is 1.98. The predicted octanol–water partition coefficient (Wildman–Crippen LogP) is 7.36. The van der Waals surface area contributed by atoms with Crippen molar-refractivity contribution in [1.29, 1.82) is 0 Å². The number of pyridine rings is 1. The number of aryl methyl sites for hydroxylation is 1. The van der Waals surface area contributed by atoms with Gasteiger partial charge in [-0.1, -0.05) is 23.2 Å². The summed E-state index contributed by atoms with van der Waals surface area (Å²) in [5.41, 5.74) is 0.760. The summed E-state index contributed by atoms with van der Waals surface area (Å²) < 4.78 is 49.1. The Labute approximate surface area is 160 Å². The maximum absolute atomic E-state index is 12.7. The van der Waals surface area contributed by atoms with E-state index >= 15 is 0 Å². The Kier molecular flexibility index (Phi) is 5.32. The van der Waals surface area contributed by atoms with Crippen LogP contribution >= 0.6 is 34.5 Å². The highest BCUT2D eigenvalue weighted by Gasteiger charge is 2.32. The smallest absolute Gasteiger partial charge is 0.425 e. The zero-order valence-corrected chi connectivity index (χ0v) is 15.4. The molecule has 0 bridgehead atoms. The normalized spacial score (nSPS) is 11.5. The van der Waals surface area contributed by atoms with Gasteiger partial charge in [-0.05, 0) is 24.6 Å². The first-order valence-electron chi connectivity index (χ1n) is 7.16. The van der Waals surface area contributed by atoms with Gasteiger partial charge in [-0.3, -0.25) is 0 Å². The third kappa shape index (κ3) is 4.60. The van der Waals surface area contributed by atoms with Crippen molar-refractivity contribution in [3.8, 4) is 23.3 Å². The van der Waals surface area contributed by atoms with Crippen LogP contribution in [0.4, 0.5) is 13.2 Å². The minimum atomic E-state index is -4.41. The average Bonchev–Trinajstić information content (AvgIpc) is 2.99. The average molecular weight is 420 g/mol. The molecule has 0 amide bonds. The molecule has 0 aliphatic heterocycles. The minimum Gasteiger partial charge on any atom is -0.439 e. The molecule has 0 saturated carbocycles. The van der Waals surface area contributed by atoms with Crippen molar-refractivity contribution < 1.29 is 22.6 Å². The van der Waals surface area contributed by atoms with Gasteiger partial charge in [0.25, 0.3) is 0 Å². The van der Waals surface area contributed by atoms with E-state index in [0.29, 0.717) is 27.1 Å². The van der Waals surface area contributed by atoms with Crippen molar-refractivity contribution in [1.82, 2.24) is 4.98 Å². The Bertz CT molecular complexity index is 944. The molecule has 0 unspecified atom stereocenters. The van der Waals surface area contributed by atoms with Gasteiger partial charge >= 0.3 is 6.18 Å². The SMILES string of the molecule is Cc1cc(Oc2csc(C(F)(F)F)c2)nc(Oc2ccc(Cl)c(Cl)c2)c1. The Morgan fingerprint density at radius 1 is 0.923 bits per heavy atom. The molecule has 3 aromatic rings. The molecule has 9 heteroatoms. The van der Waals surface area contributed by atoms with Crippen molar-refractivity contribution in [2.24, 2.45) is 0 Å². The first-order valence-corrected chi connectivity index (χ1v) is 8.79. The fraction of sp³-hybridized carbons (Fsp3) is 0.118. The van der Waals surface area contributed by atoms with Crippen molar-refractivity contribution in [2.45, 2.75) is 13.1 Å². The summed E-state index contributed by atoms with van der Waals surface area (Å²) >= 11 is 12.4. The van der Waals surface area contributed by atoms with Gasteiger partial charge in [-0.2, -0.15) is 18.2 Å². The number of hydrogen-bond donors (Lipinski definition) is 0. The standard InChI is InChI=1S/C17H10Cl2F3NO2S/c1-9-4-15(24-10-2-3-12(18)13(19)6-10)23-16(5-9)25-11-7-14(26-8-11)17(20,21)22/h2-8H,1H3. The van der Waals surface area contributed by atoms with E-state index in [4.69, 9.17) is 32.7 Å². The highest BCUT2D eigenvalue weighted by atomic mass is 35.5. The predicted molar refractivity (Wildman–Crippen MR) is 94.9 cm³/mol. The van der Waals surface area contributed by atoms with E-state index in [1.54, 1.807) is 31.2 Å². The third-order valence-corrected chi connectivity index (χ3v) is 4.81. The molecule has 0 aliphatic rings. The van der Waals surface area contributed by atoms with Crippen LogP contribution in [0.1, 0.15) is 10.4 Å². The van der Waals surface area contributed by atoms with Crippen LogP contribution < -0.4 is 9.47 Å². The zero-order chi connectivity index (χ0) is 18.9. The van der Waals surface area contributed by atoms with Crippen LogP contribution in [-0.2, 0) is 6.18 Å². The number of nitrogens with zero attached hydrogens (tertiary/aromatic N) is 1. The third-order valence-electron chi connectivity index (χ3n) is 3.11. The molecular formula is C17H10Cl2F3NO2S. The number of benzene rings is 1. The number of aromatic nitrogens is 1. The van der Waals surface area contributed by atoms with E-state index in [2.05, 4.69) is 4.98 Å². The van der Waals surface area contributed by atoms with Crippen LogP contribution in [0.3, 0.4) is 0 Å². The van der Waals surface area contributed by atoms with Crippen molar-refractivity contribution in [2.75, 3.05) is 0 Å². The summed E-state index contributed by atoms with van der Waals surface area (Å²) in [6.45, 7) is 1.78. The summed E-state index contributed by atoms with van der Waals surface area (Å²) in [6, 6.07) is 8.90. The van der Waals surface area contributed by atoms with Crippen LogP contribution in [0.15, 0.2) is 41.8 Å². The van der Waals surface area contributed by atoms with Gasteiger partial charge in [-0.25, -0.2) is 0 Å². The topological polar surface area (TPSA) is 31.4 Å². The van der Waals surface area contributed by atoms with Gasteiger partial charge in [0.2, 0.25) is 11.8 Å². The molecule has 0 fully saturated rings. The van der Waals surface area contributed by atoms with Gasteiger partial charge < -0.3 is 9.47 Å². The fourth-order valence-corrected chi connectivity index (χ4v) is 2.98. The molecule has 0 radical (unpaired) electrons. The van der Waals surface area contributed by atoms with E-state index in [1.165, 1.54) is 11.4 Å². The lowest BCUT2D eigenvalue weighted by Gasteiger charge is -2.09. The molecule has 26 heavy (non-hydrogen) atoms. The van der Waals surface area contributed by atoms with Gasteiger partial charge in [-0.15, -0.1) is 11.3 Å². The second kappa shape index (κ2) is 7.34. The highest BCUT2D eigenvalue weighted by molar-refractivity contribution is 7.10. The molecule has 3 rings (SSSR count).